The molecule has 0 amide bonds. The average Bonchev–Trinajstić information content (AvgIpc) is 2.94. The lowest BCUT2D eigenvalue weighted by Crippen LogP contribution is -2.07. The van der Waals surface area contributed by atoms with Gasteiger partial charge in [-0.05, 0) is 36.8 Å². The lowest BCUT2D eigenvalue weighted by atomic mass is 10.0. The summed E-state index contributed by atoms with van der Waals surface area (Å²) >= 11 is 0. The van der Waals surface area contributed by atoms with Crippen LogP contribution in [0.2, 0.25) is 0 Å². The Morgan fingerprint density at radius 2 is 1.71 bits per heavy atom. The van der Waals surface area contributed by atoms with Gasteiger partial charge in [-0.3, -0.25) is 0 Å². The first-order valence-electron chi connectivity index (χ1n) is 5.59. The SMILES string of the molecule is O=S(=O)(Cl)Cc1ccc(CCC2(O)CC2)cc1. The zero-order valence-corrected chi connectivity index (χ0v) is 11.0. The van der Waals surface area contributed by atoms with Crippen molar-refractivity contribution >= 4 is 19.7 Å². The number of hydrogen-bond acceptors (Lipinski definition) is 3. The summed E-state index contributed by atoms with van der Waals surface area (Å²) in [6.45, 7) is 0. The van der Waals surface area contributed by atoms with Gasteiger partial charge in [0.1, 0.15) is 0 Å². The second-order valence-corrected chi connectivity index (χ2v) is 7.50. The zero-order valence-electron chi connectivity index (χ0n) is 9.39. The lowest BCUT2D eigenvalue weighted by molar-refractivity contribution is 0.140. The van der Waals surface area contributed by atoms with E-state index in [9.17, 15) is 13.5 Å². The maximum Gasteiger partial charge on any atom is 0.236 e. The Hall–Kier alpha value is -0.580. The quantitative estimate of drug-likeness (QED) is 0.838. The van der Waals surface area contributed by atoms with Gasteiger partial charge in [0.05, 0.1) is 11.4 Å². The van der Waals surface area contributed by atoms with E-state index in [1.54, 1.807) is 12.1 Å². The van der Waals surface area contributed by atoms with Crippen LogP contribution in [0.4, 0.5) is 0 Å². The van der Waals surface area contributed by atoms with Gasteiger partial charge in [0, 0.05) is 10.7 Å². The Morgan fingerprint density at radius 3 is 2.18 bits per heavy atom. The van der Waals surface area contributed by atoms with E-state index in [1.165, 1.54) is 0 Å². The molecule has 0 aliphatic heterocycles. The first-order chi connectivity index (χ1) is 7.86. The maximum absolute atomic E-state index is 10.9. The standard InChI is InChI=1S/C12H15ClO3S/c13-17(15,16)9-11-3-1-10(2-4-11)5-6-12(14)7-8-12/h1-4,14H,5-9H2. The van der Waals surface area contributed by atoms with Crippen LogP contribution in [0.5, 0.6) is 0 Å². The third-order valence-corrected chi connectivity index (χ3v) is 4.07. The highest BCUT2D eigenvalue weighted by Gasteiger charge is 2.39. The number of halogens is 1. The van der Waals surface area contributed by atoms with E-state index in [1.807, 2.05) is 12.1 Å². The van der Waals surface area contributed by atoms with Gasteiger partial charge in [0.15, 0.2) is 0 Å². The minimum Gasteiger partial charge on any atom is -0.390 e. The summed E-state index contributed by atoms with van der Waals surface area (Å²) in [5, 5.41) is 9.70. The zero-order chi connectivity index (χ0) is 12.5. The van der Waals surface area contributed by atoms with E-state index >= 15 is 0 Å². The Morgan fingerprint density at radius 1 is 1.18 bits per heavy atom. The van der Waals surface area contributed by atoms with Crippen LogP contribution in [0.1, 0.15) is 30.4 Å². The highest BCUT2D eigenvalue weighted by molar-refractivity contribution is 8.13. The van der Waals surface area contributed by atoms with E-state index < -0.39 is 14.7 Å². The maximum atomic E-state index is 10.9. The summed E-state index contributed by atoms with van der Waals surface area (Å²) in [6, 6.07) is 7.32. The van der Waals surface area contributed by atoms with Crippen molar-refractivity contribution in [1.82, 2.24) is 0 Å². The summed E-state index contributed by atoms with van der Waals surface area (Å²) in [5.74, 6) is -0.140. The summed E-state index contributed by atoms with van der Waals surface area (Å²) in [6.07, 6.45) is 3.40. The molecule has 1 aliphatic carbocycles. The van der Waals surface area contributed by atoms with E-state index in [-0.39, 0.29) is 5.75 Å². The molecule has 2 rings (SSSR count). The van der Waals surface area contributed by atoms with Crippen LogP contribution in [-0.4, -0.2) is 19.1 Å². The minimum atomic E-state index is -3.48. The topological polar surface area (TPSA) is 54.4 Å². The molecular formula is C12H15ClO3S. The first-order valence-corrected chi connectivity index (χ1v) is 8.07. The number of benzene rings is 1. The number of rotatable bonds is 5. The summed E-state index contributed by atoms with van der Waals surface area (Å²) in [7, 11) is 1.69. The average molecular weight is 275 g/mol. The fourth-order valence-electron chi connectivity index (χ4n) is 1.77. The second-order valence-electron chi connectivity index (χ2n) is 4.72. The van der Waals surface area contributed by atoms with Crippen molar-refractivity contribution in [2.24, 2.45) is 0 Å². The third-order valence-electron chi connectivity index (χ3n) is 3.07. The molecule has 0 aromatic heterocycles. The lowest BCUT2D eigenvalue weighted by Gasteiger charge is -2.07. The first kappa shape index (κ1) is 12.9. The molecular weight excluding hydrogens is 260 g/mol. The predicted octanol–water partition coefficient (Wildman–Crippen LogP) is 2.21. The van der Waals surface area contributed by atoms with Crippen LogP contribution in [-0.2, 0) is 21.2 Å². The van der Waals surface area contributed by atoms with Crippen molar-refractivity contribution in [2.75, 3.05) is 0 Å². The van der Waals surface area contributed by atoms with Crippen LogP contribution in [0, 0.1) is 0 Å². The van der Waals surface area contributed by atoms with Gasteiger partial charge in [0.25, 0.3) is 0 Å². The van der Waals surface area contributed by atoms with Gasteiger partial charge in [0.2, 0.25) is 9.05 Å². The minimum absolute atomic E-state index is 0.140. The fourth-order valence-corrected chi connectivity index (χ4v) is 2.74. The van der Waals surface area contributed by atoms with Crippen molar-refractivity contribution in [3.63, 3.8) is 0 Å². The highest BCUT2D eigenvalue weighted by Crippen LogP contribution is 2.39. The number of aryl methyl sites for hydroxylation is 1. The molecule has 0 spiro atoms. The molecule has 1 fully saturated rings. The molecule has 3 nitrogen and oxygen atoms in total. The molecule has 1 aromatic carbocycles. The molecule has 1 aromatic rings. The molecule has 0 radical (unpaired) electrons. The fraction of sp³-hybridized carbons (Fsp3) is 0.500. The number of hydrogen-bond donors (Lipinski definition) is 1. The van der Waals surface area contributed by atoms with Crippen molar-refractivity contribution < 1.29 is 13.5 Å². The van der Waals surface area contributed by atoms with E-state index in [2.05, 4.69) is 0 Å². The van der Waals surface area contributed by atoms with Gasteiger partial charge in [-0.1, -0.05) is 24.3 Å². The van der Waals surface area contributed by atoms with Gasteiger partial charge in [-0.2, -0.15) is 0 Å². The molecule has 0 bridgehead atoms. The van der Waals surface area contributed by atoms with Crippen molar-refractivity contribution in [3.05, 3.63) is 35.4 Å². The van der Waals surface area contributed by atoms with Crippen molar-refractivity contribution in [2.45, 2.75) is 37.0 Å². The van der Waals surface area contributed by atoms with Gasteiger partial charge in [-0.25, -0.2) is 8.42 Å². The molecule has 5 heteroatoms. The molecule has 1 aliphatic rings. The van der Waals surface area contributed by atoms with Gasteiger partial charge in [-0.15, -0.1) is 0 Å². The molecule has 0 heterocycles. The smallest absolute Gasteiger partial charge is 0.236 e. The second kappa shape index (κ2) is 4.59. The Labute approximate surface area is 106 Å². The van der Waals surface area contributed by atoms with Crippen LogP contribution in [0.3, 0.4) is 0 Å². The van der Waals surface area contributed by atoms with Crippen LogP contribution >= 0.6 is 10.7 Å². The van der Waals surface area contributed by atoms with Crippen molar-refractivity contribution in [1.29, 1.82) is 0 Å². The summed E-state index contributed by atoms with van der Waals surface area (Å²) in [4.78, 5) is 0. The predicted molar refractivity (Wildman–Crippen MR) is 67.4 cm³/mol. The van der Waals surface area contributed by atoms with Crippen LogP contribution in [0.15, 0.2) is 24.3 Å². The number of aliphatic hydroxyl groups is 1. The Kier molecular flexibility index (Phi) is 3.48. The molecule has 1 N–H and O–H groups in total. The molecule has 0 unspecified atom stereocenters. The Bertz CT molecular complexity index is 489. The van der Waals surface area contributed by atoms with E-state index in [0.29, 0.717) is 5.56 Å². The largest absolute Gasteiger partial charge is 0.390 e. The molecule has 17 heavy (non-hydrogen) atoms. The van der Waals surface area contributed by atoms with Gasteiger partial charge >= 0.3 is 0 Å². The summed E-state index contributed by atoms with van der Waals surface area (Å²) < 4.78 is 21.8. The third kappa shape index (κ3) is 4.30. The molecule has 1 saturated carbocycles. The molecule has 94 valence electrons. The highest BCUT2D eigenvalue weighted by atomic mass is 35.7. The normalized spacial score (nSPS) is 18.0. The summed E-state index contributed by atoms with van der Waals surface area (Å²) in [5.41, 5.74) is 1.37. The van der Waals surface area contributed by atoms with Crippen LogP contribution < -0.4 is 0 Å². The van der Waals surface area contributed by atoms with E-state index in [0.717, 1.165) is 31.2 Å². The molecule has 0 atom stereocenters. The van der Waals surface area contributed by atoms with E-state index in [4.69, 9.17) is 10.7 Å². The van der Waals surface area contributed by atoms with Gasteiger partial charge < -0.3 is 5.11 Å². The van der Waals surface area contributed by atoms with Crippen molar-refractivity contribution in [3.8, 4) is 0 Å². The molecule has 0 saturated heterocycles. The monoisotopic (exact) mass is 274 g/mol. The van der Waals surface area contributed by atoms with Crippen LogP contribution in [0.25, 0.3) is 0 Å². The Balaban J connectivity index is 1.93.